The molecule has 1 aliphatic heterocycles. The van der Waals surface area contributed by atoms with E-state index in [4.69, 9.17) is 4.42 Å². The van der Waals surface area contributed by atoms with Crippen LogP contribution in [0, 0.1) is 6.92 Å². The number of fused-ring (bicyclic) bond motifs is 1. The van der Waals surface area contributed by atoms with Crippen molar-refractivity contribution in [1.82, 2.24) is 14.9 Å². The third-order valence-corrected chi connectivity index (χ3v) is 5.15. The second-order valence-electron chi connectivity index (χ2n) is 5.86. The molecule has 3 aromatic heterocycles. The lowest BCUT2D eigenvalue weighted by Gasteiger charge is -2.20. The Labute approximate surface area is 143 Å². The third-order valence-electron chi connectivity index (χ3n) is 4.16. The average molecular weight is 342 g/mol. The molecule has 0 aliphatic carbocycles. The van der Waals surface area contributed by atoms with Crippen LogP contribution in [0.15, 0.2) is 34.9 Å². The molecule has 1 saturated heterocycles. The summed E-state index contributed by atoms with van der Waals surface area (Å²) in [5.41, 5.74) is 1.32. The lowest BCUT2D eigenvalue weighted by Crippen LogP contribution is -2.34. The Morgan fingerprint density at radius 3 is 2.92 bits per heavy atom. The number of thiophene rings is 1. The molecule has 3 aromatic rings. The van der Waals surface area contributed by atoms with Crippen LogP contribution >= 0.6 is 11.3 Å². The van der Waals surface area contributed by atoms with Gasteiger partial charge in [0.2, 0.25) is 5.65 Å². The van der Waals surface area contributed by atoms with Gasteiger partial charge >= 0.3 is 0 Å². The van der Waals surface area contributed by atoms with Gasteiger partial charge in [0.25, 0.3) is 11.9 Å². The Morgan fingerprint density at radius 1 is 1.21 bits per heavy atom. The van der Waals surface area contributed by atoms with Crippen LogP contribution in [0.25, 0.3) is 11.2 Å². The molecule has 0 bridgehead atoms. The van der Waals surface area contributed by atoms with Crippen molar-refractivity contribution >= 4 is 34.5 Å². The first kappa shape index (κ1) is 15.1. The van der Waals surface area contributed by atoms with Crippen LogP contribution in [0.3, 0.4) is 0 Å². The molecule has 1 aliphatic rings. The van der Waals surface area contributed by atoms with Gasteiger partial charge in [0.1, 0.15) is 0 Å². The van der Waals surface area contributed by atoms with Crippen LogP contribution in [0.5, 0.6) is 0 Å². The molecule has 24 heavy (non-hydrogen) atoms. The number of hydrogen-bond donors (Lipinski definition) is 0. The summed E-state index contributed by atoms with van der Waals surface area (Å²) in [6.07, 6.45) is 2.60. The highest BCUT2D eigenvalue weighted by molar-refractivity contribution is 7.13. The van der Waals surface area contributed by atoms with E-state index in [0.29, 0.717) is 30.3 Å². The monoisotopic (exact) mass is 342 g/mol. The number of rotatable bonds is 2. The lowest BCUT2D eigenvalue weighted by atomic mass is 10.3. The molecule has 1 amide bonds. The normalized spacial score (nSPS) is 15.7. The minimum absolute atomic E-state index is 0.120. The van der Waals surface area contributed by atoms with Crippen molar-refractivity contribution in [1.29, 1.82) is 0 Å². The number of carbonyl (C=O) groups excluding carboxylic acids is 1. The van der Waals surface area contributed by atoms with E-state index >= 15 is 0 Å². The molecule has 6 nitrogen and oxygen atoms in total. The zero-order chi connectivity index (χ0) is 16.5. The van der Waals surface area contributed by atoms with Crippen molar-refractivity contribution in [2.45, 2.75) is 13.3 Å². The second-order valence-corrected chi connectivity index (χ2v) is 7.15. The number of nitrogens with zero attached hydrogens (tertiary/aromatic N) is 4. The van der Waals surface area contributed by atoms with Crippen molar-refractivity contribution in [3.63, 3.8) is 0 Å². The fraction of sp³-hybridized carbons (Fsp3) is 0.353. The first-order valence-electron chi connectivity index (χ1n) is 8.03. The van der Waals surface area contributed by atoms with Gasteiger partial charge in [-0.15, -0.1) is 11.3 Å². The van der Waals surface area contributed by atoms with E-state index in [0.717, 1.165) is 29.3 Å². The van der Waals surface area contributed by atoms with Gasteiger partial charge in [0.05, 0.1) is 4.88 Å². The van der Waals surface area contributed by atoms with Crippen LogP contribution in [-0.4, -0.2) is 47.0 Å². The average Bonchev–Trinajstić information content (AvgIpc) is 3.13. The Hall–Kier alpha value is -2.41. The van der Waals surface area contributed by atoms with Gasteiger partial charge in [-0.05, 0) is 37.6 Å². The van der Waals surface area contributed by atoms with E-state index in [9.17, 15) is 4.79 Å². The highest BCUT2D eigenvalue weighted by Gasteiger charge is 2.23. The molecule has 0 N–H and O–H groups in total. The van der Waals surface area contributed by atoms with Crippen molar-refractivity contribution in [2.75, 3.05) is 31.1 Å². The minimum Gasteiger partial charge on any atom is -0.422 e. The maximum atomic E-state index is 12.6. The van der Waals surface area contributed by atoms with Crippen LogP contribution < -0.4 is 4.90 Å². The van der Waals surface area contributed by atoms with E-state index in [1.54, 1.807) is 17.5 Å². The summed E-state index contributed by atoms with van der Waals surface area (Å²) >= 11 is 1.55. The third kappa shape index (κ3) is 2.87. The van der Waals surface area contributed by atoms with Gasteiger partial charge in [0, 0.05) is 37.3 Å². The molecule has 0 unspecified atom stereocenters. The molecule has 7 heteroatoms. The quantitative estimate of drug-likeness (QED) is 0.716. The maximum Gasteiger partial charge on any atom is 0.300 e. The molecule has 0 aromatic carbocycles. The Kier molecular flexibility index (Phi) is 3.93. The largest absolute Gasteiger partial charge is 0.422 e. The zero-order valence-electron chi connectivity index (χ0n) is 13.4. The first-order chi connectivity index (χ1) is 11.7. The molecule has 0 atom stereocenters. The van der Waals surface area contributed by atoms with Gasteiger partial charge in [0.15, 0.2) is 5.58 Å². The number of hydrogen-bond acceptors (Lipinski definition) is 6. The number of amides is 1. The highest BCUT2D eigenvalue weighted by atomic mass is 32.1. The number of aromatic nitrogens is 2. The number of carbonyl (C=O) groups is 1. The van der Waals surface area contributed by atoms with Crippen molar-refractivity contribution < 1.29 is 9.21 Å². The molecule has 4 heterocycles. The molecule has 1 fully saturated rings. The maximum absolute atomic E-state index is 12.6. The summed E-state index contributed by atoms with van der Waals surface area (Å²) in [7, 11) is 0. The van der Waals surface area contributed by atoms with Crippen LogP contribution in [0.4, 0.5) is 6.01 Å². The molecular formula is C17H18N4O2S. The molecular weight excluding hydrogens is 324 g/mol. The molecule has 0 saturated carbocycles. The highest BCUT2D eigenvalue weighted by Crippen LogP contribution is 2.22. The van der Waals surface area contributed by atoms with Crippen molar-refractivity contribution in [2.24, 2.45) is 0 Å². The van der Waals surface area contributed by atoms with Gasteiger partial charge in [-0.3, -0.25) is 4.79 Å². The van der Waals surface area contributed by atoms with E-state index in [2.05, 4.69) is 14.9 Å². The Balaban J connectivity index is 1.48. The topological polar surface area (TPSA) is 62.5 Å². The summed E-state index contributed by atoms with van der Waals surface area (Å²) in [6.45, 7) is 4.97. The summed E-state index contributed by atoms with van der Waals surface area (Å²) < 4.78 is 5.80. The standard InChI is InChI=1S/C17H18N4O2S/c1-12-5-6-14(24-12)16(22)20-8-3-9-21(11-10-20)17-19-15-13(23-17)4-2-7-18-15/h2,4-7H,3,8-11H2,1H3. The van der Waals surface area contributed by atoms with E-state index in [1.165, 1.54) is 0 Å². The Morgan fingerprint density at radius 2 is 2.12 bits per heavy atom. The van der Waals surface area contributed by atoms with Gasteiger partial charge < -0.3 is 14.2 Å². The summed E-state index contributed by atoms with van der Waals surface area (Å²) in [5.74, 6) is 0.120. The summed E-state index contributed by atoms with van der Waals surface area (Å²) in [5, 5.41) is 0. The van der Waals surface area contributed by atoms with Crippen LogP contribution in [0.1, 0.15) is 21.0 Å². The summed E-state index contributed by atoms with van der Waals surface area (Å²) in [4.78, 5) is 27.3. The lowest BCUT2D eigenvalue weighted by molar-refractivity contribution is 0.0771. The van der Waals surface area contributed by atoms with Crippen molar-refractivity contribution in [3.05, 3.63) is 40.2 Å². The van der Waals surface area contributed by atoms with Gasteiger partial charge in [-0.2, -0.15) is 4.98 Å². The second kappa shape index (κ2) is 6.24. The van der Waals surface area contributed by atoms with Crippen LogP contribution in [0.2, 0.25) is 0 Å². The number of oxazole rings is 1. The van der Waals surface area contributed by atoms with E-state index < -0.39 is 0 Å². The van der Waals surface area contributed by atoms with E-state index in [1.807, 2.05) is 36.1 Å². The fourth-order valence-electron chi connectivity index (χ4n) is 2.91. The fourth-order valence-corrected chi connectivity index (χ4v) is 3.75. The molecule has 0 radical (unpaired) electrons. The van der Waals surface area contributed by atoms with Crippen molar-refractivity contribution in [3.8, 4) is 0 Å². The molecule has 0 spiro atoms. The predicted octanol–water partition coefficient (Wildman–Crippen LogP) is 2.95. The Bertz CT molecular complexity index is 839. The number of pyridine rings is 1. The molecule has 4 rings (SSSR count). The van der Waals surface area contributed by atoms with Gasteiger partial charge in [-0.25, -0.2) is 4.98 Å². The van der Waals surface area contributed by atoms with E-state index in [-0.39, 0.29) is 5.91 Å². The SMILES string of the molecule is Cc1ccc(C(=O)N2CCCN(c3nc4ncccc4o3)CC2)s1. The smallest absolute Gasteiger partial charge is 0.300 e. The number of anilines is 1. The zero-order valence-corrected chi connectivity index (χ0v) is 14.3. The summed E-state index contributed by atoms with van der Waals surface area (Å²) in [6, 6.07) is 8.20. The molecule has 124 valence electrons. The minimum atomic E-state index is 0.120. The predicted molar refractivity (Wildman–Crippen MR) is 93.6 cm³/mol. The van der Waals surface area contributed by atoms with Crippen LogP contribution in [-0.2, 0) is 0 Å². The number of aryl methyl sites for hydroxylation is 1. The first-order valence-corrected chi connectivity index (χ1v) is 8.84. The van der Waals surface area contributed by atoms with Gasteiger partial charge in [-0.1, -0.05) is 0 Å².